The number of hydrogen-bond acceptors (Lipinski definition) is 6. The molecule has 6 nitrogen and oxygen atoms in total. The summed E-state index contributed by atoms with van der Waals surface area (Å²) in [6.07, 6.45) is 20.6. The van der Waals surface area contributed by atoms with Crippen LogP contribution in [0.2, 0.25) is 0 Å². The van der Waals surface area contributed by atoms with E-state index >= 15 is 0 Å². The molecule has 0 saturated heterocycles. The largest absolute Gasteiger partial charge is 0.494 e. The van der Waals surface area contributed by atoms with Crippen molar-refractivity contribution < 1.29 is 23.7 Å². The lowest BCUT2D eigenvalue weighted by Gasteiger charge is -2.29. The molecule has 0 bridgehead atoms. The van der Waals surface area contributed by atoms with Crippen LogP contribution in [0.25, 0.3) is 0 Å². The maximum atomic E-state index is 12.2. The van der Waals surface area contributed by atoms with E-state index in [1.807, 2.05) is 31.2 Å². The lowest BCUT2D eigenvalue weighted by Crippen LogP contribution is -2.40. The summed E-state index contributed by atoms with van der Waals surface area (Å²) in [6, 6.07) is 7.70. The van der Waals surface area contributed by atoms with Gasteiger partial charge in [0.2, 0.25) is 5.72 Å². The number of ether oxygens (including phenoxy) is 4. The van der Waals surface area contributed by atoms with Crippen molar-refractivity contribution in [2.24, 2.45) is 0 Å². The Bertz CT molecular complexity index is 763. The van der Waals surface area contributed by atoms with E-state index in [0.29, 0.717) is 19.2 Å². The van der Waals surface area contributed by atoms with Crippen molar-refractivity contribution in [1.82, 2.24) is 5.32 Å². The number of rotatable bonds is 22. The first-order valence-corrected chi connectivity index (χ1v) is 14.8. The van der Waals surface area contributed by atoms with Crippen molar-refractivity contribution in [3.8, 4) is 5.75 Å². The van der Waals surface area contributed by atoms with Gasteiger partial charge < -0.3 is 24.3 Å². The van der Waals surface area contributed by atoms with Gasteiger partial charge in [-0.15, -0.1) is 0 Å². The lowest BCUT2D eigenvalue weighted by molar-refractivity contribution is -0.152. The van der Waals surface area contributed by atoms with E-state index in [1.54, 1.807) is 13.1 Å². The molecule has 6 heteroatoms. The second-order valence-corrected chi connectivity index (χ2v) is 9.92. The van der Waals surface area contributed by atoms with Crippen LogP contribution in [-0.4, -0.2) is 25.8 Å². The van der Waals surface area contributed by atoms with Crippen LogP contribution in [0.15, 0.2) is 36.4 Å². The van der Waals surface area contributed by atoms with Crippen molar-refractivity contribution in [2.75, 3.05) is 19.8 Å². The molecule has 1 aromatic rings. The first-order chi connectivity index (χ1) is 18.1. The number of carbonyl (C=O) groups excluding carboxylic acids is 1. The van der Waals surface area contributed by atoms with Gasteiger partial charge in [0.05, 0.1) is 26.0 Å². The van der Waals surface area contributed by atoms with Crippen LogP contribution in [0, 0.1) is 0 Å². The number of unbranched alkanes of at least 4 members (excludes halogenated alkanes) is 13. The monoisotopic (exact) mass is 517 g/mol. The first-order valence-electron chi connectivity index (χ1n) is 14.8. The molecule has 0 aliphatic carbocycles. The molecule has 1 heterocycles. The molecule has 1 aliphatic rings. The zero-order valence-corrected chi connectivity index (χ0v) is 23.7. The second kappa shape index (κ2) is 18.8. The minimum absolute atomic E-state index is 0.0349. The minimum atomic E-state index is -1.04. The van der Waals surface area contributed by atoms with E-state index in [1.165, 1.54) is 83.5 Å². The lowest BCUT2D eigenvalue weighted by atomic mass is 9.99. The van der Waals surface area contributed by atoms with Gasteiger partial charge >= 0.3 is 5.97 Å². The summed E-state index contributed by atoms with van der Waals surface area (Å²) in [5.41, 5.74) is -0.223. The first kappa shape index (κ1) is 30.9. The van der Waals surface area contributed by atoms with Gasteiger partial charge in [-0.1, -0.05) is 90.4 Å². The van der Waals surface area contributed by atoms with Crippen molar-refractivity contribution in [1.29, 1.82) is 0 Å². The molecule has 0 amide bonds. The van der Waals surface area contributed by atoms with Crippen LogP contribution in [0.4, 0.5) is 0 Å². The molecule has 0 fully saturated rings. The Hall–Kier alpha value is -2.37. The zero-order valence-electron chi connectivity index (χ0n) is 23.7. The maximum Gasteiger partial charge on any atom is 0.312 e. The molecule has 1 aliphatic heterocycles. The standard InChI is InChI=1S/C31H51NO5/c1-4-7-8-9-10-11-12-13-14-15-16-17-18-19-24-36-28-22-20-27(21-23-28)31(25-29(33)34-5-2)32-26-30(37-31)35-6-3/h20-23,26,32H,4-19,24-25H2,1-3H3. The summed E-state index contributed by atoms with van der Waals surface area (Å²) >= 11 is 0. The Morgan fingerprint density at radius 3 is 1.86 bits per heavy atom. The number of carbonyl (C=O) groups is 1. The number of hydrogen-bond donors (Lipinski definition) is 1. The fourth-order valence-electron chi connectivity index (χ4n) is 4.67. The second-order valence-electron chi connectivity index (χ2n) is 9.92. The van der Waals surface area contributed by atoms with Gasteiger partial charge in [0.1, 0.15) is 12.2 Å². The van der Waals surface area contributed by atoms with E-state index in [-0.39, 0.29) is 12.4 Å². The molecular weight excluding hydrogens is 466 g/mol. The molecule has 0 radical (unpaired) electrons. The number of benzene rings is 1. The topological polar surface area (TPSA) is 66.0 Å². The summed E-state index contributed by atoms with van der Waals surface area (Å²) < 4.78 is 22.6. The van der Waals surface area contributed by atoms with Crippen molar-refractivity contribution in [2.45, 2.75) is 123 Å². The van der Waals surface area contributed by atoms with Crippen molar-refractivity contribution >= 4 is 5.97 Å². The van der Waals surface area contributed by atoms with Gasteiger partial charge in [-0.2, -0.15) is 0 Å². The summed E-state index contributed by atoms with van der Waals surface area (Å²) in [5.74, 6) is 0.852. The Morgan fingerprint density at radius 2 is 1.32 bits per heavy atom. The number of nitrogens with one attached hydrogen (secondary N) is 1. The van der Waals surface area contributed by atoms with Crippen molar-refractivity contribution in [3.63, 3.8) is 0 Å². The third kappa shape index (κ3) is 12.1. The Labute approximate surface area is 225 Å². The van der Waals surface area contributed by atoms with Gasteiger partial charge in [0.25, 0.3) is 5.95 Å². The Kier molecular flexibility index (Phi) is 15.7. The fraction of sp³-hybridized carbons (Fsp3) is 0.710. The summed E-state index contributed by atoms with van der Waals surface area (Å²) in [7, 11) is 0. The molecule has 1 aromatic carbocycles. The zero-order chi connectivity index (χ0) is 26.6. The smallest absolute Gasteiger partial charge is 0.312 e. The third-order valence-electron chi connectivity index (χ3n) is 6.77. The van der Waals surface area contributed by atoms with Crippen LogP contribution in [0.1, 0.15) is 123 Å². The molecule has 1 atom stereocenters. The third-order valence-corrected chi connectivity index (χ3v) is 6.77. The quantitative estimate of drug-likeness (QED) is 0.124. The molecule has 210 valence electrons. The number of esters is 1. The van der Waals surface area contributed by atoms with E-state index in [9.17, 15) is 4.79 Å². The highest BCUT2D eigenvalue weighted by Gasteiger charge is 2.42. The highest BCUT2D eigenvalue weighted by molar-refractivity contribution is 5.71. The summed E-state index contributed by atoms with van der Waals surface area (Å²) in [5, 5.41) is 3.18. The minimum Gasteiger partial charge on any atom is -0.494 e. The highest BCUT2D eigenvalue weighted by atomic mass is 16.7. The molecule has 0 spiro atoms. The van der Waals surface area contributed by atoms with Gasteiger partial charge in [-0.25, -0.2) is 0 Å². The molecular formula is C31H51NO5. The van der Waals surface area contributed by atoms with Gasteiger partial charge in [0, 0.05) is 5.56 Å². The predicted molar refractivity (Wildman–Crippen MR) is 149 cm³/mol. The highest BCUT2D eigenvalue weighted by Crippen LogP contribution is 2.35. The van der Waals surface area contributed by atoms with Crippen LogP contribution >= 0.6 is 0 Å². The molecule has 1 unspecified atom stereocenters. The van der Waals surface area contributed by atoms with Crippen LogP contribution < -0.4 is 10.1 Å². The van der Waals surface area contributed by atoms with Crippen LogP contribution in [-0.2, 0) is 24.7 Å². The van der Waals surface area contributed by atoms with Crippen molar-refractivity contribution in [3.05, 3.63) is 42.0 Å². The van der Waals surface area contributed by atoms with Gasteiger partial charge in [-0.05, 0) is 44.5 Å². The van der Waals surface area contributed by atoms with E-state index in [2.05, 4.69) is 12.2 Å². The van der Waals surface area contributed by atoms with Crippen LogP contribution in [0.5, 0.6) is 5.75 Å². The van der Waals surface area contributed by atoms with Crippen LogP contribution in [0.3, 0.4) is 0 Å². The molecule has 37 heavy (non-hydrogen) atoms. The molecule has 2 rings (SSSR count). The summed E-state index contributed by atoms with van der Waals surface area (Å²) in [4.78, 5) is 12.2. The predicted octanol–water partition coefficient (Wildman–Crippen LogP) is 8.11. The average molecular weight is 518 g/mol. The molecule has 1 N–H and O–H groups in total. The Morgan fingerprint density at radius 1 is 0.757 bits per heavy atom. The Balaban J connectivity index is 1.60. The fourth-order valence-corrected chi connectivity index (χ4v) is 4.67. The normalized spacial score (nSPS) is 16.6. The van der Waals surface area contributed by atoms with Gasteiger partial charge in [0.15, 0.2) is 0 Å². The molecule has 0 saturated carbocycles. The maximum absolute atomic E-state index is 12.2. The van der Waals surface area contributed by atoms with E-state index in [4.69, 9.17) is 18.9 Å². The molecule has 0 aromatic heterocycles. The van der Waals surface area contributed by atoms with E-state index in [0.717, 1.165) is 24.3 Å². The van der Waals surface area contributed by atoms with E-state index < -0.39 is 5.72 Å². The SMILES string of the molecule is CCCCCCCCCCCCCCCCOc1ccc(C2(CC(=O)OCC)NC=C(OCC)O2)cc1. The van der Waals surface area contributed by atoms with Gasteiger partial charge in [-0.3, -0.25) is 4.79 Å². The average Bonchev–Trinajstić information content (AvgIpc) is 3.30. The summed E-state index contributed by atoms with van der Waals surface area (Å²) in [6.45, 7) is 7.48.